The minimum atomic E-state index is -0.512. The van der Waals surface area contributed by atoms with Crippen LogP contribution in [0, 0.1) is 0 Å². The Kier molecular flexibility index (Phi) is 4.14. The predicted molar refractivity (Wildman–Crippen MR) is 89.7 cm³/mol. The summed E-state index contributed by atoms with van der Waals surface area (Å²) in [5, 5.41) is 11.3. The minimum Gasteiger partial charge on any atom is -0.504 e. The zero-order valence-electron chi connectivity index (χ0n) is 12.6. The molecule has 3 rings (SSSR count). The topological polar surface area (TPSA) is 78.9 Å². The minimum absolute atomic E-state index is 0.0160. The molecule has 2 aromatic carbocycles. The van der Waals surface area contributed by atoms with Crippen LogP contribution < -0.4 is 15.2 Å². The Morgan fingerprint density at radius 1 is 1.17 bits per heavy atom. The fourth-order valence-electron chi connectivity index (χ4n) is 2.28. The van der Waals surface area contributed by atoms with Gasteiger partial charge in [0.2, 0.25) is 0 Å². The highest BCUT2D eigenvalue weighted by molar-refractivity contribution is 6.32. The number of halogens is 1. The van der Waals surface area contributed by atoms with Crippen molar-refractivity contribution in [2.24, 2.45) is 0 Å². The van der Waals surface area contributed by atoms with E-state index in [9.17, 15) is 14.7 Å². The number of phenols is 1. The van der Waals surface area contributed by atoms with Gasteiger partial charge in [0, 0.05) is 5.02 Å². The van der Waals surface area contributed by atoms with E-state index in [0.29, 0.717) is 16.3 Å². The van der Waals surface area contributed by atoms with E-state index >= 15 is 0 Å². The van der Waals surface area contributed by atoms with E-state index in [4.69, 9.17) is 16.3 Å². The summed E-state index contributed by atoms with van der Waals surface area (Å²) in [5.41, 5.74) is 3.55. The summed E-state index contributed by atoms with van der Waals surface area (Å²) in [7, 11) is 1.42. The van der Waals surface area contributed by atoms with Gasteiger partial charge in [-0.1, -0.05) is 17.7 Å². The summed E-state index contributed by atoms with van der Waals surface area (Å²) in [6.45, 7) is 0. The molecule has 0 radical (unpaired) electrons. The highest BCUT2D eigenvalue weighted by Crippen LogP contribution is 2.28. The number of amides is 2. The molecule has 0 spiro atoms. The molecule has 0 saturated carbocycles. The summed E-state index contributed by atoms with van der Waals surface area (Å²) in [6.07, 6.45) is 1.44. The Hall–Kier alpha value is -2.99. The molecule has 1 aliphatic heterocycles. The van der Waals surface area contributed by atoms with Crippen molar-refractivity contribution in [1.29, 1.82) is 0 Å². The number of hydrogen-bond acceptors (Lipinski definition) is 4. The Morgan fingerprint density at radius 3 is 2.54 bits per heavy atom. The van der Waals surface area contributed by atoms with E-state index in [1.165, 1.54) is 25.3 Å². The van der Waals surface area contributed by atoms with Gasteiger partial charge in [0.05, 0.1) is 12.8 Å². The average molecular weight is 345 g/mol. The number of phenolic OH excluding ortho intramolecular Hbond substituents is 1. The number of aromatic hydroxyl groups is 1. The van der Waals surface area contributed by atoms with Crippen LogP contribution in [-0.2, 0) is 9.59 Å². The van der Waals surface area contributed by atoms with Gasteiger partial charge in [0.25, 0.3) is 11.8 Å². The zero-order valence-corrected chi connectivity index (χ0v) is 13.4. The summed E-state index contributed by atoms with van der Waals surface area (Å²) in [6, 6.07) is 11.1. The molecule has 6 nitrogen and oxygen atoms in total. The molecular weight excluding hydrogens is 332 g/mol. The molecule has 1 aliphatic rings. The van der Waals surface area contributed by atoms with Gasteiger partial charge in [0.1, 0.15) is 5.57 Å². The molecule has 1 heterocycles. The van der Waals surface area contributed by atoms with Crippen LogP contribution in [0.15, 0.2) is 48.0 Å². The molecule has 0 aliphatic carbocycles. The Labute approximate surface area is 142 Å². The first kappa shape index (κ1) is 15.9. The van der Waals surface area contributed by atoms with Gasteiger partial charge in [0.15, 0.2) is 11.5 Å². The summed E-state index contributed by atoms with van der Waals surface area (Å²) in [4.78, 5) is 24.6. The van der Waals surface area contributed by atoms with Crippen LogP contribution in [0.1, 0.15) is 5.56 Å². The number of carbonyl (C=O) groups excluding carboxylic acids is 2. The molecule has 2 N–H and O–H groups in total. The highest BCUT2D eigenvalue weighted by atomic mass is 35.5. The lowest BCUT2D eigenvalue weighted by Crippen LogP contribution is -2.35. The molecule has 1 saturated heterocycles. The molecule has 0 bridgehead atoms. The van der Waals surface area contributed by atoms with Crippen molar-refractivity contribution in [2.75, 3.05) is 12.1 Å². The fraction of sp³-hybridized carbons (Fsp3) is 0.0588. The van der Waals surface area contributed by atoms with E-state index in [1.807, 2.05) is 0 Å². The van der Waals surface area contributed by atoms with E-state index in [1.54, 1.807) is 30.3 Å². The predicted octanol–water partition coefficient (Wildman–Crippen LogP) is 2.52. The van der Waals surface area contributed by atoms with Crippen molar-refractivity contribution < 1.29 is 19.4 Å². The van der Waals surface area contributed by atoms with Crippen LogP contribution >= 0.6 is 11.6 Å². The van der Waals surface area contributed by atoms with Crippen LogP contribution in [0.25, 0.3) is 6.08 Å². The molecule has 0 unspecified atom stereocenters. The van der Waals surface area contributed by atoms with Crippen molar-refractivity contribution in [3.05, 3.63) is 58.6 Å². The monoisotopic (exact) mass is 344 g/mol. The van der Waals surface area contributed by atoms with E-state index in [0.717, 1.165) is 5.01 Å². The molecule has 24 heavy (non-hydrogen) atoms. The Balaban J connectivity index is 1.93. The van der Waals surface area contributed by atoms with Crippen LogP contribution in [0.4, 0.5) is 5.69 Å². The van der Waals surface area contributed by atoms with Gasteiger partial charge in [-0.25, -0.2) is 5.01 Å². The molecule has 0 aromatic heterocycles. The molecule has 2 aromatic rings. The molecule has 7 heteroatoms. The number of hydrogen-bond donors (Lipinski definition) is 2. The summed E-state index contributed by atoms with van der Waals surface area (Å²) >= 11 is 5.83. The summed E-state index contributed by atoms with van der Waals surface area (Å²) in [5.74, 6) is -0.759. The van der Waals surface area contributed by atoms with Crippen LogP contribution in [-0.4, -0.2) is 24.0 Å². The first-order chi connectivity index (χ1) is 11.5. The molecule has 1 fully saturated rings. The van der Waals surface area contributed by atoms with Crippen molar-refractivity contribution in [3.8, 4) is 11.5 Å². The lowest BCUT2D eigenvalue weighted by molar-refractivity contribution is -0.117. The van der Waals surface area contributed by atoms with Crippen LogP contribution in [0.2, 0.25) is 5.02 Å². The highest BCUT2D eigenvalue weighted by Gasteiger charge is 2.34. The second-order valence-corrected chi connectivity index (χ2v) is 5.48. The van der Waals surface area contributed by atoms with E-state index in [-0.39, 0.29) is 17.1 Å². The second-order valence-electron chi connectivity index (χ2n) is 5.05. The van der Waals surface area contributed by atoms with Crippen molar-refractivity contribution >= 4 is 35.2 Å². The number of methoxy groups -OCH3 is 1. The van der Waals surface area contributed by atoms with Crippen molar-refractivity contribution in [2.45, 2.75) is 0 Å². The average Bonchev–Trinajstić information content (AvgIpc) is 2.85. The lowest BCUT2D eigenvalue weighted by atomic mass is 10.1. The third kappa shape index (κ3) is 2.91. The quantitative estimate of drug-likeness (QED) is 0.662. The first-order valence-corrected chi connectivity index (χ1v) is 7.37. The number of ether oxygens (including phenoxy) is 1. The number of rotatable bonds is 3. The summed E-state index contributed by atoms with van der Waals surface area (Å²) < 4.78 is 5.02. The smallest absolute Gasteiger partial charge is 0.282 e. The van der Waals surface area contributed by atoms with Gasteiger partial charge in [-0.2, -0.15) is 0 Å². The van der Waals surface area contributed by atoms with Gasteiger partial charge >= 0.3 is 0 Å². The second kappa shape index (κ2) is 6.25. The maximum absolute atomic E-state index is 12.5. The van der Waals surface area contributed by atoms with Crippen molar-refractivity contribution in [3.63, 3.8) is 0 Å². The Morgan fingerprint density at radius 2 is 1.88 bits per heavy atom. The number of nitrogens with one attached hydrogen (secondary N) is 1. The Bertz CT molecular complexity index is 846. The van der Waals surface area contributed by atoms with Crippen molar-refractivity contribution in [1.82, 2.24) is 5.43 Å². The number of nitrogens with zero attached hydrogens (tertiary/aromatic N) is 1. The largest absolute Gasteiger partial charge is 0.504 e. The van der Waals surface area contributed by atoms with Gasteiger partial charge in [-0.15, -0.1) is 0 Å². The molecule has 2 amide bonds. The fourth-order valence-corrected chi connectivity index (χ4v) is 2.41. The van der Waals surface area contributed by atoms with E-state index < -0.39 is 11.8 Å². The maximum Gasteiger partial charge on any atom is 0.282 e. The maximum atomic E-state index is 12.5. The molecule has 0 atom stereocenters. The SMILES string of the molecule is COc1cc(/C=C2/C(=O)NN(c3ccc(Cl)cc3)C2=O)ccc1O. The standard InChI is InChI=1S/C17H13ClN2O4/c1-24-15-9-10(2-7-14(15)21)8-13-16(22)19-20(17(13)23)12-5-3-11(18)4-6-12/h2-9,21H,1H3,(H,19,22)/b13-8-. The van der Waals surface area contributed by atoms with Gasteiger partial charge in [-0.3, -0.25) is 15.0 Å². The van der Waals surface area contributed by atoms with Crippen LogP contribution in [0.5, 0.6) is 11.5 Å². The number of carbonyl (C=O) groups is 2. The van der Waals surface area contributed by atoms with Crippen LogP contribution in [0.3, 0.4) is 0 Å². The van der Waals surface area contributed by atoms with Gasteiger partial charge < -0.3 is 9.84 Å². The van der Waals surface area contributed by atoms with E-state index in [2.05, 4.69) is 5.43 Å². The number of benzene rings is 2. The lowest BCUT2D eigenvalue weighted by Gasteiger charge is -2.14. The number of hydrazine groups is 1. The zero-order chi connectivity index (χ0) is 17.3. The third-order valence-electron chi connectivity index (χ3n) is 3.49. The normalized spacial score (nSPS) is 15.8. The molecular formula is C17H13ClN2O4. The molecule has 122 valence electrons. The first-order valence-electron chi connectivity index (χ1n) is 6.99. The van der Waals surface area contributed by atoms with Gasteiger partial charge in [-0.05, 0) is 48.0 Å². The number of anilines is 1. The third-order valence-corrected chi connectivity index (χ3v) is 3.74.